The summed E-state index contributed by atoms with van der Waals surface area (Å²) in [6.07, 6.45) is 1.64. The summed E-state index contributed by atoms with van der Waals surface area (Å²) in [5.41, 5.74) is 2.74. The molecule has 0 unspecified atom stereocenters. The number of nitrogens with zero attached hydrogens (tertiary/aromatic N) is 4. The highest BCUT2D eigenvalue weighted by atomic mass is 16.5. The highest BCUT2D eigenvalue weighted by molar-refractivity contribution is 5.91. The normalized spacial score (nSPS) is 11.9. The van der Waals surface area contributed by atoms with Crippen molar-refractivity contribution in [2.75, 3.05) is 7.11 Å². The number of benzene rings is 2. The van der Waals surface area contributed by atoms with Crippen LogP contribution in [0.4, 0.5) is 0 Å². The number of fused-ring (bicyclic) bond motifs is 1. The van der Waals surface area contributed by atoms with Crippen LogP contribution in [0.3, 0.4) is 0 Å². The van der Waals surface area contributed by atoms with Crippen LogP contribution in [0.1, 0.15) is 33.5 Å². The first kappa shape index (κ1) is 17.7. The fourth-order valence-corrected chi connectivity index (χ4v) is 3.00. The van der Waals surface area contributed by atoms with E-state index in [1.54, 1.807) is 17.8 Å². The molecule has 1 amide bonds. The number of nitrogens with one attached hydrogen (secondary N) is 1. The van der Waals surface area contributed by atoms with Crippen LogP contribution in [-0.2, 0) is 0 Å². The molecule has 7 nitrogen and oxygen atoms in total. The van der Waals surface area contributed by atoms with Crippen LogP contribution >= 0.6 is 0 Å². The SMILES string of the molecule is COc1ccc([C@@H](NC(=O)c2nc3nccc(C)n3n2)c2ccccc2)cc1. The lowest BCUT2D eigenvalue weighted by atomic mass is 9.98. The minimum absolute atomic E-state index is 0.0799. The molecule has 0 aliphatic carbocycles. The second kappa shape index (κ2) is 7.48. The second-order valence-electron chi connectivity index (χ2n) is 6.32. The van der Waals surface area contributed by atoms with E-state index in [0.717, 1.165) is 22.6 Å². The molecule has 0 fully saturated rings. The fraction of sp³-hybridized carbons (Fsp3) is 0.143. The minimum atomic E-state index is -0.366. The predicted molar refractivity (Wildman–Crippen MR) is 104 cm³/mol. The zero-order chi connectivity index (χ0) is 19.5. The maximum atomic E-state index is 12.9. The number of methoxy groups -OCH3 is 1. The van der Waals surface area contributed by atoms with Gasteiger partial charge >= 0.3 is 0 Å². The Morgan fingerprint density at radius 3 is 2.43 bits per heavy atom. The summed E-state index contributed by atoms with van der Waals surface area (Å²) in [5, 5.41) is 7.33. The third-order valence-electron chi connectivity index (χ3n) is 4.49. The Balaban J connectivity index is 1.68. The van der Waals surface area contributed by atoms with E-state index in [4.69, 9.17) is 4.74 Å². The van der Waals surface area contributed by atoms with E-state index in [9.17, 15) is 4.79 Å². The molecule has 0 aliphatic rings. The van der Waals surface area contributed by atoms with Crippen molar-refractivity contribution in [3.63, 3.8) is 0 Å². The molecular weight excluding hydrogens is 354 g/mol. The number of aromatic nitrogens is 4. The summed E-state index contributed by atoms with van der Waals surface area (Å²) in [6, 6.07) is 18.8. The highest BCUT2D eigenvalue weighted by Crippen LogP contribution is 2.24. The van der Waals surface area contributed by atoms with Gasteiger partial charge in [-0.25, -0.2) is 9.50 Å². The zero-order valence-electron chi connectivity index (χ0n) is 15.5. The fourth-order valence-electron chi connectivity index (χ4n) is 3.00. The molecule has 7 heteroatoms. The van der Waals surface area contributed by atoms with E-state index in [1.165, 1.54) is 0 Å². The number of carbonyl (C=O) groups is 1. The molecule has 140 valence electrons. The summed E-state index contributed by atoms with van der Waals surface area (Å²) in [6.45, 7) is 1.88. The topological polar surface area (TPSA) is 81.4 Å². The predicted octanol–water partition coefficient (Wildman–Crippen LogP) is 2.96. The molecule has 1 atom stereocenters. The van der Waals surface area contributed by atoms with Crippen LogP contribution in [0.2, 0.25) is 0 Å². The lowest BCUT2D eigenvalue weighted by Crippen LogP contribution is -2.30. The third kappa shape index (κ3) is 3.42. The van der Waals surface area contributed by atoms with Crippen LogP contribution in [-0.4, -0.2) is 32.6 Å². The molecule has 0 radical (unpaired) electrons. The highest BCUT2D eigenvalue weighted by Gasteiger charge is 2.21. The minimum Gasteiger partial charge on any atom is -0.497 e. The number of carbonyl (C=O) groups excluding carboxylic acids is 1. The van der Waals surface area contributed by atoms with Crippen LogP contribution in [0.15, 0.2) is 66.9 Å². The monoisotopic (exact) mass is 373 g/mol. The van der Waals surface area contributed by atoms with Crippen molar-refractivity contribution >= 4 is 11.7 Å². The van der Waals surface area contributed by atoms with Gasteiger partial charge < -0.3 is 10.1 Å². The third-order valence-corrected chi connectivity index (χ3v) is 4.49. The molecule has 0 saturated heterocycles. The number of hydrogen-bond acceptors (Lipinski definition) is 5. The maximum absolute atomic E-state index is 12.9. The van der Waals surface area contributed by atoms with Crippen molar-refractivity contribution in [2.45, 2.75) is 13.0 Å². The van der Waals surface area contributed by atoms with Crippen LogP contribution in [0.25, 0.3) is 5.78 Å². The molecule has 0 spiro atoms. The van der Waals surface area contributed by atoms with Gasteiger partial charge in [-0.15, -0.1) is 5.10 Å². The zero-order valence-corrected chi connectivity index (χ0v) is 15.5. The lowest BCUT2D eigenvalue weighted by molar-refractivity contribution is 0.0932. The van der Waals surface area contributed by atoms with Gasteiger partial charge in [0.15, 0.2) is 0 Å². The van der Waals surface area contributed by atoms with Crippen molar-refractivity contribution in [3.05, 3.63) is 89.5 Å². The Hall–Kier alpha value is -3.74. The van der Waals surface area contributed by atoms with Crippen molar-refractivity contribution < 1.29 is 9.53 Å². The van der Waals surface area contributed by atoms with Crippen molar-refractivity contribution in [1.29, 1.82) is 0 Å². The summed E-state index contributed by atoms with van der Waals surface area (Å²) in [5.74, 6) is 0.863. The Kier molecular flexibility index (Phi) is 4.72. The number of hydrogen-bond donors (Lipinski definition) is 1. The molecule has 0 bridgehead atoms. The molecule has 28 heavy (non-hydrogen) atoms. The van der Waals surface area contributed by atoms with E-state index in [2.05, 4.69) is 20.4 Å². The summed E-state index contributed by atoms with van der Waals surface area (Å²) >= 11 is 0. The van der Waals surface area contributed by atoms with Gasteiger partial charge in [0, 0.05) is 11.9 Å². The molecule has 4 aromatic rings. The van der Waals surface area contributed by atoms with Gasteiger partial charge in [0.05, 0.1) is 13.2 Å². The van der Waals surface area contributed by atoms with Gasteiger partial charge in [-0.05, 0) is 36.2 Å². The maximum Gasteiger partial charge on any atom is 0.291 e. The first-order chi connectivity index (χ1) is 13.7. The average molecular weight is 373 g/mol. The van der Waals surface area contributed by atoms with Crippen molar-refractivity contribution in [1.82, 2.24) is 24.9 Å². The van der Waals surface area contributed by atoms with Gasteiger partial charge in [-0.1, -0.05) is 42.5 Å². The van der Waals surface area contributed by atoms with Gasteiger partial charge in [-0.3, -0.25) is 4.79 Å². The van der Waals surface area contributed by atoms with E-state index in [1.807, 2.05) is 67.6 Å². The van der Waals surface area contributed by atoms with Crippen molar-refractivity contribution in [2.24, 2.45) is 0 Å². The Labute approximate surface area is 162 Å². The smallest absolute Gasteiger partial charge is 0.291 e. The number of rotatable bonds is 5. The van der Waals surface area contributed by atoms with Gasteiger partial charge in [-0.2, -0.15) is 4.98 Å². The summed E-state index contributed by atoms with van der Waals surface area (Å²) in [4.78, 5) is 21.3. The van der Waals surface area contributed by atoms with Gasteiger partial charge in [0.1, 0.15) is 5.75 Å². The number of amides is 1. The quantitative estimate of drug-likeness (QED) is 0.582. The Bertz CT molecular complexity index is 1110. The second-order valence-corrected chi connectivity index (χ2v) is 6.32. The van der Waals surface area contributed by atoms with E-state index in [0.29, 0.717) is 5.78 Å². The van der Waals surface area contributed by atoms with Crippen LogP contribution < -0.4 is 10.1 Å². The molecule has 2 aromatic carbocycles. The molecule has 0 aliphatic heterocycles. The first-order valence-corrected chi connectivity index (χ1v) is 8.84. The lowest BCUT2D eigenvalue weighted by Gasteiger charge is -2.19. The summed E-state index contributed by atoms with van der Waals surface area (Å²) < 4.78 is 6.79. The molecule has 2 heterocycles. The molecular formula is C21H19N5O2. The molecule has 4 rings (SSSR count). The average Bonchev–Trinajstić information content (AvgIpc) is 3.19. The van der Waals surface area contributed by atoms with Crippen LogP contribution in [0, 0.1) is 6.92 Å². The Morgan fingerprint density at radius 1 is 1.04 bits per heavy atom. The first-order valence-electron chi connectivity index (χ1n) is 8.84. The van der Waals surface area contributed by atoms with Gasteiger partial charge in [0.25, 0.3) is 11.7 Å². The molecule has 2 aromatic heterocycles. The van der Waals surface area contributed by atoms with Gasteiger partial charge in [0.2, 0.25) is 5.82 Å². The van der Waals surface area contributed by atoms with Crippen LogP contribution in [0.5, 0.6) is 5.75 Å². The molecule has 1 N–H and O–H groups in total. The van der Waals surface area contributed by atoms with E-state index >= 15 is 0 Å². The standard InChI is InChI=1S/C21H19N5O2/c1-14-12-13-22-21-24-19(25-26(14)21)20(27)23-18(15-6-4-3-5-7-15)16-8-10-17(28-2)11-9-16/h3-13,18H,1-2H3,(H,23,27)/t18-/m0/s1. The van der Waals surface area contributed by atoms with E-state index in [-0.39, 0.29) is 17.8 Å². The van der Waals surface area contributed by atoms with E-state index < -0.39 is 0 Å². The number of ether oxygens (including phenoxy) is 1. The molecule has 0 saturated carbocycles. The Morgan fingerprint density at radius 2 is 1.75 bits per heavy atom. The number of aryl methyl sites for hydroxylation is 1. The van der Waals surface area contributed by atoms with Crippen molar-refractivity contribution in [3.8, 4) is 5.75 Å². The largest absolute Gasteiger partial charge is 0.497 e. The summed E-state index contributed by atoms with van der Waals surface area (Å²) in [7, 11) is 1.62.